The molecule has 13 heavy (non-hydrogen) atoms. The second kappa shape index (κ2) is 4.04. The smallest absolute Gasteiger partial charge is 0.340 e. The highest BCUT2D eigenvalue weighted by Gasteiger charge is 2.13. The van der Waals surface area contributed by atoms with Crippen molar-refractivity contribution >= 4 is 5.97 Å². The number of carboxylic acids is 1. The van der Waals surface area contributed by atoms with Crippen LogP contribution < -0.4 is 0 Å². The van der Waals surface area contributed by atoms with Gasteiger partial charge in [-0.25, -0.2) is 4.79 Å². The van der Waals surface area contributed by atoms with Crippen molar-refractivity contribution in [1.82, 2.24) is 10.1 Å². The Bertz CT molecular complexity index is 293. The summed E-state index contributed by atoms with van der Waals surface area (Å²) in [5.41, 5.74) is 0.656. The number of rotatable bonds is 4. The highest BCUT2D eigenvalue weighted by atomic mass is 16.5. The summed E-state index contributed by atoms with van der Waals surface area (Å²) in [5, 5.41) is 12.3. The van der Waals surface area contributed by atoms with Crippen LogP contribution in [0.1, 0.15) is 16.1 Å². The Morgan fingerprint density at radius 1 is 1.69 bits per heavy atom. The van der Waals surface area contributed by atoms with Gasteiger partial charge in [0, 0.05) is 13.0 Å². The van der Waals surface area contributed by atoms with Crippen LogP contribution in [0.4, 0.5) is 0 Å². The largest absolute Gasteiger partial charge is 0.478 e. The molecule has 0 unspecified atom stereocenters. The lowest BCUT2D eigenvalue weighted by Crippen LogP contribution is -2.16. The summed E-state index contributed by atoms with van der Waals surface area (Å²) in [6.45, 7) is 0.757. The quantitative estimate of drug-likeness (QED) is 0.737. The van der Waals surface area contributed by atoms with Crippen molar-refractivity contribution in [3.8, 4) is 0 Å². The molecule has 0 saturated carbocycles. The zero-order valence-corrected chi connectivity index (χ0v) is 7.65. The van der Waals surface area contributed by atoms with Gasteiger partial charge in [-0.3, -0.25) is 0 Å². The van der Waals surface area contributed by atoms with Gasteiger partial charge < -0.3 is 14.5 Å². The van der Waals surface area contributed by atoms with Crippen LogP contribution in [0.25, 0.3) is 0 Å². The number of aromatic carboxylic acids is 1. The Balaban J connectivity index is 2.65. The number of hydrogen-bond donors (Lipinski definition) is 1. The molecule has 1 aromatic rings. The normalized spacial score (nSPS) is 10.7. The molecule has 0 aliphatic heterocycles. The zero-order valence-electron chi connectivity index (χ0n) is 7.65. The highest BCUT2D eigenvalue weighted by molar-refractivity contribution is 5.88. The van der Waals surface area contributed by atoms with Gasteiger partial charge in [-0.2, -0.15) is 0 Å². The van der Waals surface area contributed by atoms with Crippen LogP contribution in [0.2, 0.25) is 0 Å². The Morgan fingerprint density at radius 3 is 2.92 bits per heavy atom. The molecular formula is C8H12N2O3. The second-order valence-corrected chi connectivity index (χ2v) is 3.03. The van der Waals surface area contributed by atoms with E-state index in [1.54, 1.807) is 0 Å². The summed E-state index contributed by atoms with van der Waals surface area (Å²) in [7, 11) is 3.83. The van der Waals surface area contributed by atoms with Gasteiger partial charge in [0.1, 0.15) is 11.8 Å². The molecule has 0 amide bonds. The predicted octanol–water partition coefficient (Wildman–Crippen LogP) is 0.477. The molecule has 0 atom stereocenters. The van der Waals surface area contributed by atoms with Gasteiger partial charge in [0.2, 0.25) is 0 Å². The Hall–Kier alpha value is -1.36. The molecule has 0 spiro atoms. The molecule has 0 radical (unpaired) electrons. The van der Waals surface area contributed by atoms with E-state index in [9.17, 15) is 4.79 Å². The van der Waals surface area contributed by atoms with E-state index in [1.165, 1.54) is 0 Å². The minimum absolute atomic E-state index is 0.154. The Labute approximate surface area is 75.9 Å². The predicted molar refractivity (Wildman–Crippen MR) is 45.7 cm³/mol. The first kappa shape index (κ1) is 9.73. The fourth-order valence-corrected chi connectivity index (χ4v) is 0.944. The minimum Gasteiger partial charge on any atom is -0.478 e. The molecule has 0 fully saturated rings. The van der Waals surface area contributed by atoms with Crippen molar-refractivity contribution < 1.29 is 14.4 Å². The van der Waals surface area contributed by atoms with Gasteiger partial charge >= 0.3 is 5.97 Å². The van der Waals surface area contributed by atoms with Crippen molar-refractivity contribution in [2.24, 2.45) is 0 Å². The number of nitrogens with zero attached hydrogens (tertiary/aromatic N) is 2. The fourth-order valence-electron chi connectivity index (χ4n) is 0.944. The molecule has 72 valence electrons. The summed E-state index contributed by atoms with van der Waals surface area (Å²) in [5.74, 6) is -0.991. The number of likely N-dealkylation sites (N-methyl/N-ethyl adjacent to an activating group) is 1. The van der Waals surface area contributed by atoms with Gasteiger partial charge in [0.25, 0.3) is 0 Å². The van der Waals surface area contributed by atoms with Gasteiger partial charge in [0.15, 0.2) is 0 Å². The van der Waals surface area contributed by atoms with Crippen LogP contribution in [-0.4, -0.2) is 41.8 Å². The standard InChI is InChI=1S/C8H12N2O3/c1-10(2)4-3-7-6(8(11)12)5-13-9-7/h5H,3-4H2,1-2H3,(H,11,12). The molecule has 5 nitrogen and oxygen atoms in total. The average molecular weight is 184 g/mol. The van der Waals surface area contributed by atoms with Crippen LogP contribution >= 0.6 is 0 Å². The first-order valence-corrected chi connectivity index (χ1v) is 3.92. The Morgan fingerprint density at radius 2 is 2.38 bits per heavy atom. The monoisotopic (exact) mass is 184 g/mol. The van der Waals surface area contributed by atoms with Crippen molar-refractivity contribution in [1.29, 1.82) is 0 Å². The van der Waals surface area contributed by atoms with Crippen molar-refractivity contribution in [3.05, 3.63) is 17.5 Å². The van der Waals surface area contributed by atoms with E-state index in [1.807, 2.05) is 19.0 Å². The van der Waals surface area contributed by atoms with E-state index in [4.69, 9.17) is 5.11 Å². The highest BCUT2D eigenvalue weighted by Crippen LogP contribution is 2.07. The fraction of sp³-hybridized carbons (Fsp3) is 0.500. The molecule has 0 aliphatic carbocycles. The lowest BCUT2D eigenvalue weighted by Gasteiger charge is -2.06. The number of hydrogen-bond acceptors (Lipinski definition) is 4. The van der Waals surface area contributed by atoms with E-state index in [0.717, 1.165) is 12.8 Å². The first-order chi connectivity index (χ1) is 6.11. The van der Waals surface area contributed by atoms with E-state index >= 15 is 0 Å². The summed E-state index contributed by atoms with van der Waals surface area (Å²) in [4.78, 5) is 12.6. The maximum absolute atomic E-state index is 10.6. The van der Waals surface area contributed by atoms with Crippen molar-refractivity contribution in [2.45, 2.75) is 6.42 Å². The van der Waals surface area contributed by atoms with Gasteiger partial charge in [-0.15, -0.1) is 0 Å². The van der Waals surface area contributed by atoms with E-state index in [2.05, 4.69) is 9.68 Å². The number of carboxylic acid groups (broad SMARTS) is 1. The van der Waals surface area contributed by atoms with E-state index in [-0.39, 0.29) is 5.56 Å². The summed E-state index contributed by atoms with van der Waals surface area (Å²) in [6.07, 6.45) is 1.75. The van der Waals surface area contributed by atoms with Crippen LogP contribution in [0.3, 0.4) is 0 Å². The molecule has 1 rings (SSSR count). The number of carbonyl (C=O) groups is 1. The maximum Gasteiger partial charge on any atom is 0.340 e. The minimum atomic E-state index is -0.991. The van der Waals surface area contributed by atoms with E-state index in [0.29, 0.717) is 12.1 Å². The average Bonchev–Trinajstić information content (AvgIpc) is 2.47. The van der Waals surface area contributed by atoms with Gasteiger partial charge in [-0.05, 0) is 14.1 Å². The molecule has 0 aromatic carbocycles. The summed E-state index contributed by atoms with van der Waals surface area (Å²) >= 11 is 0. The molecule has 1 N–H and O–H groups in total. The maximum atomic E-state index is 10.6. The van der Waals surface area contributed by atoms with Crippen LogP contribution in [-0.2, 0) is 6.42 Å². The van der Waals surface area contributed by atoms with Crippen LogP contribution in [0, 0.1) is 0 Å². The van der Waals surface area contributed by atoms with Gasteiger partial charge in [0.05, 0.1) is 5.69 Å². The zero-order chi connectivity index (χ0) is 9.84. The van der Waals surface area contributed by atoms with Crippen LogP contribution in [0.5, 0.6) is 0 Å². The lowest BCUT2D eigenvalue weighted by atomic mass is 10.2. The molecule has 1 aromatic heterocycles. The number of aromatic nitrogens is 1. The van der Waals surface area contributed by atoms with Crippen molar-refractivity contribution in [3.63, 3.8) is 0 Å². The molecule has 0 aliphatic rings. The van der Waals surface area contributed by atoms with Crippen molar-refractivity contribution in [2.75, 3.05) is 20.6 Å². The second-order valence-electron chi connectivity index (χ2n) is 3.03. The summed E-state index contributed by atoms with van der Waals surface area (Å²) in [6, 6.07) is 0. The first-order valence-electron chi connectivity index (χ1n) is 3.92. The topological polar surface area (TPSA) is 66.6 Å². The molecule has 5 heteroatoms. The Kier molecular flexibility index (Phi) is 3.02. The third-order valence-corrected chi connectivity index (χ3v) is 1.67. The molecule has 0 bridgehead atoms. The van der Waals surface area contributed by atoms with Crippen LogP contribution in [0.15, 0.2) is 10.8 Å². The van der Waals surface area contributed by atoms with E-state index < -0.39 is 5.97 Å². The third-order valence-electron chi connectivity index (χ3n) is 1.67. The molecular weight excluding hydrogens is 172 g/mol. The molecule has 1 heterocycles. The van der Waals surface area contributed by atoms with Gasteiger partial charge in [-0.1, -0.05) is 5.16 Å². The summed E-state index contributed by atoms with van der Waals surface area (Å²) < 4.78 is 4.59. The third kappa shape index (κ3) is 2.55. The SMILES string of the molecule is CN(C)CCc1nocc1C(=O)O. The molecule has 0 saturated heterocycles. The lowest BCUT2D eigenvalue weighted by molar-refractivity contribution is 0.0695.